The van der Waals surface area contributed by atoms with Crippen LogP contribution >= 0.6 is 24.0 Å². The Kier molecular flexibility index (Phi) is 6.88. The first kappa shape index (κ1) is 23.8. The summed E-state index contributed by atoms with van der Waals surface area (Å²) >= 11 is 6.79. The lowest BCUT2D eigenvalue weighted by Crippen LogP contribution is -2.27. The third kappa shape index (κ3) is 4.91. The number of carbonyl (C=O) groups excluding carboxylic acids is 1. The van der Waals surface area contributed by atoms with Crippen LogP contribution in [-0.4, -0.2) is 31.5 Å². The summed E-state index contributed by atoms with van der Waals surface area (Å²) in [6.45, 7) is 6.44. The average Bonchev–Trinajstić information content (AvgIpc) is 3.61. The number of carbonyl (C=O) groups is 1. The summed E-state index contributed by atoms with van der Waals surface area (Å²) < 4.78 is 13.5. The molecule has 0 unspecified atom stereocenters. The highest BCUT2D eigenvalue weighted by Gasteiger charge is 2.33. The molecular weight excluding hydrogens is 490 g/mol. The van der Waals surface area contributed by atoms with E-state index in [0.717, 1.165) is 33.8 Å². The Bertz CT molecular complexity index is 1460. The summed E-state index contributed by atoms with van der Waals surface area (Å²) in [6, 6.07) is 19.4. The predicted octanol–water partition coefficient (Wildman–Crippen LogP) is 6.41. The quantitative estimate of drug-likeness (QED) is 0.154. The van der Waals surface area contributed by atoms with Gasteiger partial charge >= 0.3 is 0 Å². The number of benzene rings is 2. The molecule has 1 saturated heterocycles. The lowest BCUT2D eigenvalue weighted by Gasteiger charge is -2.12. The smallest absolute Gasteiger partial charge is 0.266 e. The van der Waals surface area contributed by atoms with E-state index >= 15 is 0 Å². The number of hydrogen-bond donors (Lipinski definition) is 0. The van der Waals surface area contributed by atoms with Crippen molar-refractivity contribution < 1.29 is 13.9 Å². The zero-order chi connectivity index (χ0) is 25.1. The normalized spacial score (nSPS) is 14.6. The van der Waals surface area contributed by atoms with Gasteiger partial charge in [-0.15, -0.1) is 0 Å². The number of aryl methyl sites for hydroxylation is 1. The molecule has 3 heterocycles. The molecule has 36 heavy (non-hydrogen) atoms. The van der Waals surface area contributed by atoms with Crippen LogP contribution in [0.15, 0.2) is 95.1 Å². The first-order valence-electron chi connectivity index (χ1n) is 11.3. The molecule has 0 aliphatic carbocycles. The number of thioether (sulfide) groups is 1. The molecule has 5 rings (SSSR count). The standard InChI is InChI=1S/C28H23N3O3S2/c1-3-13-34-24-12-11-20(15-19(24)2)26-21(17-31(29-26)22-8-5-4-6-9-22)16-25-27(32)30(28(35)36-25)18-23-10-7-14-33-23/h3-12,14-17H,1,13,18H2,2H3/b25-16+. The largest absolute Gasteiger partial charge is 0.489 e. The molecule has 4 aromatic rings. The van der Waals surface area contributed by atoms with Crippen LogP contribution in [0.4, 0.5) is 0 Å². The monoisotopic (exact) mass is 513 g/mol. The van der Waals surface area contributed by atoms with Crippen molar-refractivity contribution in [2.75, 3.05) is 6.61 Å². The zero-order valence-electron chi connectivity index (χ0n) is 19.6. The van der Waals surface area contributed by atoms with Crippen LogP contribution in [-0.2, 0) is 11.3 Å². The highest BCUT2D eigenvalue weighted by molar-refractivity contribution is 8.26. The number of para-hydroxylation sites is 1. The number of hydrogen-bond acceptors (Lipinski definition) is 6. The van der Waals surface area contributed by atoms with Crippen molar-refractivity contribution in [3.63, 3.8) is 0 Å². The first-order valence-corrected chi connectivity index (χ1v) is 12.5. The maximum atomic E-state index is 13.2. The van der Waals surface area contributed by atoms with Gasteiger partial charge in [0.15, 0.2) is 0 Å². The molecule has 0 radical (unpaired) electrons. The van der Waals surface area contributed by atoms with Crippen LogP contribution in [0.1, 0.15) is 16.9 Å². The van der Waals surface area contributed by atoms with Crippen molar-refractivity contribution in [2.45, 2.75) is 13.5 Å². The fraction of sp³-hybridized carbons (Fsp3) is 0.107. The fourth-order valence-corrected chi connectivity index (χ4v) is 5.12. The molecule has 1 aliphatic heterocycles. The van der Waals surface area contributed by atoms with Crippen molar-refractivity contribution >= 4 is 40.3 Å². The first-order chi connectivity index (χ1) is 17.5. The van der Waals surface area contributed by atoms with Crippen LogP contribution in [0.2, 0.25) is 0 Å². The van der Waals surface area contributed by atoms with E-state index in [2.05, 4.69) is 6.58 Å². The minimum Gasteiger partial charge on any atom is -0.489 e. The molecule has 1 amide bonds. The second kappa shape index (κ2) is 10.4. The van der Waals surface area contributed by atoms with Gasteiger partial charge in [-0.2, -0.15) is 5.10 Å². The van der Waals surface area contributed by atoms with Crippen LogP contribution in [0.25, 0.3) is 23.0 Å². The third-order valence-corrected chi connectivity index (χ3v) is 7.00. The minimum atomic E-state index is -0.149. The van der Waals surface area contributed by atoms with E-state index < -0.39 is 0 Å². The van der Waals surface area contributed by atoms with Gasteiger partial charge in [0.2, 0.25) is 0 Å². The van der Waals surface area contributed by atoms with E-state index in [1.54, 1.807) is 23.3 Å². The molecule has 0 bridgehead atoms. The van der Waals surface area contributed by atoms with E-state index in [1.807, 2.05) is 78.5 Å². The molecule has 0 atom stereocenters. The lowest BCUT2D eigenvalue weighted by atomic mass is 10.0. The third-order valence-electron chi connectivity index (χ3n) is 5.62. The minimum absolute atomic E-state index is 0.149. The Balaban J connectivity index is 1.53. The van der Waals surface area contributed by atoms with Gasteiger partial charge in [-0.1, -0.05) is 54.8 Å². The Morgan fingerprint density at radius 3 is 2.72 bits per heavy atom. The summed E-state index contributed by atoms with van der Waals surface area (Å²) in [5.41, 5.74) is 4.40. The molecule has 0 N–H and O–H groups in total. The molecule has 2 aromatic heterocycles. The molecule has 0 spiro atoms. The van der Waals surface area contributed by atoms with E-state index in [4.69, 9.17) is 26.5 Å². The van der Waals surface area contributed by atoms with Crippen LogP contribution in [0, 0.1) is 6.92 Å². The number of nitrogens with zero attached hydrogens (tertiary/aromatic N) is 3. The van der Waals surface area contributed by atoms with Gasteiger partial charge in [-0.25, -0.2) is 4.68 Å². The Labute approximate surface area is 218 Å². The maximum Gasteiger partial charge on any atom is 0.266 e. The molecule has 0 saturated carbocycles. The van der Waals surface area contributed by atoms with Crippen molar-refractivity contribution in [1.82, 2.24) is 14.7 Å². The number of thiocarbonyl (C=S) groups is 1. The van der Waals surface area contributed by atoms with Crippen LogP contribution in [0.5, 0.6) is 5.75 Å². The van der Waals surface area contributed by atoms with Gasteiger partial charge in [0, 0.05) is 17.3 Å². The highest BCUT2D eigenvalue weighted by atomic mass is 32.2. The van der Waals surface area contributed by atoms with E-state index in [0.29, 0.717) is 28.1 Å². The highest BCUT2D eigenvalue weighted by Crippen LogP contribution is 2.36. The summed E-state index contributed by atoms with van der Waals surface area (Å²) in [7, 11) is 0. The maximum absolute atomic E-state index is 13.2. The van der Waals surface area contributed by atoms with Crippen LogP contribution in [0.3, 0.4) is 0 Å². The topological polar surface area (TPSA) is 60.5 Å². The van der Waals surface area contributed by atoms with Crippen molar-refractivity contribution in [1.29, 1.82) is 0 Å². The van der Waals surface area contributed by atoms with Gasteiger partial charge in [-0.05, 0) is 61.0 Å². The van der Waals surface area contributed by atoms with Crippen molar-refractivity contribution in [3.05, 3.63) is 108 Å². The average molecular weight is 514 g/mol. The Hall–Kier alpha value is -3.88. The second-order valence-corrected chi connectivity index (χ2v) is 9.82. The van der Waals surface area contributed by atoms with E-state index in [-0.39, 0.29) is 5.91 Å². The zero-order valence-corrected chi connectivity index (χ0v) is 21.2. The number of furan rings is 1. The number of ether oxygens (including phenoxy) is 1. The van der Waals surface area contributed by atoms with Gasteiger partial charge in [-0.3, -0.25) is 9.69 Å². The number of rotatable bonds is 8. The van der Waals surface area contributed by atoms with E-state index in [1.165, 1.54) is 11.8 Å². The number of amides is 1. The summed E-state index contributed by atoms with van der Waals surface area (Å²) in [5.74, 6) is 1.32. The lowest BCUT2D eigenvalue weighted by molar-refractivity contribution is -0.122. The molecule has 8 heteroatoms. The summed E-state index contributed by atoms with van der Waals surface area (Å²) in [6.07, 6.45) is 7.10. The van der Waals surface area contributed by atoms with Gasteiger partial charge in [0.25, 0.3) is 5.91 Å². The fourth-order valence-electron chi connectivity index (χ4n) is 3.87. The van der Waals surface area contributed by atoms with Gasteiger partial charge in [0.05, 0.1) is 23.4 Å². The van der Waals surface area contributed by atoms with Crippen molar-refractivity contribution in [2.24, 2.45) is 0 Å². The SMILES string of the molecule is C=CCOc1ccc(-c2nn(-c3ccccc3)cc2/C=C2/SC(=S)N(Cc3ccco3)C2=O)cc1C. The summed E-state index contributed by atoms with van der Waals surface area (Å²) in [5, 5.41) is 4.88. The van der Waals surface area contributed by atoms with Crippen LogP contribution < -0.4 is 4.74 Å². The molecule has 180 valence electrons. The molecule has 1 fully saturated rings. The van der Waals surface area contributed by atoms with E-state index in [9.17, 15) is 4.79 Å². The Morgan fingerprint density at radius 2 is 2.00 bits per heavy atom. The Morgan fingerprint density at radius 1 is 1.17 bits per heavy atom. The van der Waals surface area contributed by atoms with Gasteiger partial charge in [0.1, 0.15) is 28.1 Å². The molecule has 1 aliphatic rings. The predicted molar refractivity (Wildman–Crippen MR) is 147 cm³/mol. The van der Waals surface area contributed by atoms with Gasteiger partial charge < -0.3 is 9.15 Å². The second-order valence-electron chi connectivity index (χ2n) is 8.14. The number of aromatic nitrogens is 2. The molecule has 6 nitrogen and oxygen atoms in total. The summed E-state index contributed by atoms with van der Waals surface area (Å²) in [4.78, 5) is 15.3. The van der Waals surface area contributed by atoms with Crippen molar-refractivity contribution in [3.8, 4) is 22.7 Å². The molecule has 2 aromatic carbocycles. The molecular formula is C28H23N3O3S2.